The minimum Gasteiger partial charge on any atom is -0.444 e. The van der Waals surface area contributed by atoms with Gasteiger partial charge in [-0.1, -0.05) is 24.1 Å². The number of aldehydes is 1. The highest BCUT2D eigenvalue weighted by Gasteiger charge is 2.32. The fourth-order valence-electron chi connectivity index (χ4n) is 1.74. The van der Waals surface area contributed by atoms with E-state index in [1.807, 2.05) is 0 Å². The molecule has 0 radical (unpaired) electrons. The first-order valence-electron chi connectivity index (χ1n) is 6.25. The first-order valence-corrected chi connectivity index (χ1v) is 6.25. The molecule has 1 aromatic rings. The molecule has 1 rings (SSSR count). The molecule has 0 aromatic heterocycles. The molecular weight excluding hydrogens is 254 g/mol. The topological polar surface area (TPSA) is 55.4 Å². The van der Waals surface area contributed by atoms with Crippen LogP contribution in [-0.4, -0.2) is 18.0 Å². The lowest BCUT2D eigenvalue weighted by Crippen LogP contribution is -2.47. The minimum absolute atomic E-state index is 0.554. The van der Waals surface area contributed by atoms with Crippen LogP contribution in [0.3, 0.4) is 0 Å². The number of hydrogen-bond donors (Lipinski definition) is 1. The Morgan fingerprint density at radius 1 is 1.30 bits per heavy atom. The normalized spacial score (nSPS) is 13.8. The van der Waals surface area contributed by atoms with Crippen molar-refractivity contribution >= 4 is 12.4 Å². The summed E-state index contributed by atoms with van der Waals surface area (Å²) < 4.78 is 5.17. The Labute approximate surface area is 119 Å². The number of nitrogens with one attached hydrogen (secondary N) is 1. The molecule has 0 heterocycles. The summed E-state index contributed by atoms with van der Waals surface area (Å²) in [5, 5.41) is 2.57. The third-order valence-electron chi connectivity index (χ3n) is 2.64. The lowest BCUT2D eigenvalue weighted by Gasteiger charge is -2.28. The van der Waals surface area contributed by atoms with Crippen molar-refractivity contribution in [1.82, 2.24) is 5.32 Å². The number of amides is 1. The second-order valence-corrected chi connectivity index (χ2v) is 5.64. The van der Waals surface area contributed by atoms with Crippen molar-refractivity contribution in [2.45, 2.75) is 38.8 Å². The van der Waals surface area contributed by atoms with E-state index in [2.05, 4.69) is 11.2 Å². The molecule has 1 aromatic carbocycles. The average molecular weight is 273 g/mol. The van der Waals surface area contributed by atoms with Gasteiger partial charge in [-0.05, 0) is 33.8 Å². The van der Waals surface area contributed by atoms with Crippen LogP contribution in [0, 0.1) is 12.3 Å². The zero-order valence-corrected chi connectivity index (χ0v) is 12.2. The van der Waals surface area contributed by atoms with Gasteiger partial charge in [-0.2, -0.15) is 0 Å². The molecule has 0 aliphatic heterocycles. The van der Waals surface area contributed by atoms with E-state index in [4.69, 9.17) is 11.2 Å². The van der Waals surface area contributed by atoms with Crippen LogP contribution in [0.2, 0.25) is 0 Å². The number of ether oxygens (including phenoxy) is 1. The van der Waals surface area contributed by atoms with E-state index >= 15 is 0 Å². The number of benzene rings is 1. The number of carbonyl (C=O) groups is 2. The molecule has 1 amide bonds. The van der Waals surface area contributed by atoms with Gasteiger partial charge < -0.3 is 14.8 Å². The van der Waals surface area contributed by atoms with Crippen molar-refractivity contribution in [3.63, 3.8) is 0 Å². The molecular formula is C16H19NO3. The maximum Gasteiger partial charge on any atom is 0.408 e. The van der Waals surface area contributed by atoms with Crippen molar-refractivity contribution in [3.8, 4) is 12.3 Å². The van der Waals surface area contributed by atoms with Crippen molar-refractivity contribution in [3.05, 3.63) is 35.4 Å². The summed E-state index contributed by atoms with van der Waals surface area (Å²) in [5.74, 6) is 2.51. The van der Waals surface area contributed by atoms with Crippen molar-refractivity contribution in [1.29, 1.82) is 0 Å². The van der Waals surface area contributed by atoms with Crippen LogP contribution in [0.5, 0.6) is 0 Å². The maximum atomic E-state index is 11.9. The number of terminal acetylenes is 1. The fourth-order valence-corrected chi connectivity index (χ4v) is 1.74. The van der Waals surface area contributed by atoms with Gasteiger partial charge in [0.25, 0.3) is 0 Å². The summed E-state index contributed by atoms with van der Waals surface area (Å²) in [6, 6.07) is 6.96. The standard InChI is InChI=1S/C16H19NO3/c1-6-12-9-7-8-10-13(12)16(5,11-18)17-14(19)20-15(2,3)4/h1,7-11H,2-5H3,(H,17,19). The smallest absolute Gasteiger partial charge is 0.408 e. The van der Waals surface area contributed by atoms with E-state index in [0.29, 0.717) is 17.4 Å². The predicted octanol–water partition coefficient (Wildman–Crippen LogP) is 2.61. The summed E-state index contributed by atoms with van der Waals surface area (Å²) in [5.41, 5.74) is -0.758. The number of hydrogen-bond acceptors (Lipinski definition) is 3. The number of rotatable bonds is 3. The van der Waals surface area contributed by atoms with Crippen LogP contribution in [0.15, 0.2) is 24.3 Å². The third-order valence-corrected chi connectivity index (χ3v) is 2.64. The molecule has 4 nitrogen and oxygen atoms in total. The lowest BCUT2D eigenvalue weighted by atomic mass is 9.90. The lowest BCUT2D eigenvalue weighted by molar-refractivity contribution is -0.113. The fraction of sp³-hybridized carbons (Fsp3) is 0.375. The van der Waals surface area contributed by atoms with Crippen molar-refractivity contribution in [2.24, 2.45) is 0 Å². The first kappa shape index (κ1) is 15.8. The van der Waals surface area contributed by atoms with Gasteiger partial charge in [-0.3, -0.25) is 0 Å². The quantitative estimate of drug-likeness (QED) is 0.680. The molecule has 106 valence electrons. The molecule has 0 fully saturated rings. The van der Waals surface area contributed by atoms with Crippen molar-refractivity contribution < 1.29 is 14.3 Å². The van der Waals surface area contributed by atoms with E-state index < -0.39 is 17.2 Å². The third kappa shape index (κ3) is 3.86. The van der Waals surface area contributed by atoms with E-state index in [-0.39, 0.29) is 0 Å². The zero-order chi connectivity index (χ0) is 15.4. The van der Waals surface area contributed by atoms with Gasteiger partial charge in [-0.25, -0.2) is 4.79 Å². The Morgan fingerprint density at radius 2 is 1.90 bits per heavy atom. The van der Waals surface area contributed by atoms with Crippen LogP contribution in [0.25, 0.3) is 0 Å². The molecule has 20 heavy (non-hydrogen) atoms. The minimum atomic E-state index is -1.23. The predicted molar refractivity (Wildman–Crippen MR) is 77.2 cm³/mol. The summed E-state index contributed by atoms with van der Waals surface area (Å²) in [6.45, 7) is 6.83. The Morgan fingerprint density at radius 3 is 2.40 bits per heavy atom. The van der Waals surface area contributed by atoms with Gasteiger partial charge in [0, 0.05) is 11.1 Å². The molecule has 1 N–H and O–H groups in total. The maximum absolute atomic E-state index is 11.9. The SMILES string of the molecule is C#Cc1ccccc1C(C)(C=O)NC(=O)OC(C)(C)C. The van der Waals surface area contributed by atoms with Gasteiger partial charge in [0.05, 0.1) is 0 Å². The van der Waals surface area contributed by atoms with Gasteiger partial charge in [0.15, 0.2) is 0 Å². The molecule has 0 spiro atoms. The Hall–Kier alpha value is -2.28. The van der Waals surface area contributed by atoms with Crippen LogP contribution < -0.4 is 5.32 Å². The molecule has 0 bridgehead atoms. The van der Waals surface area contributed by atoms with Crippen LogP contribution in [-0.2, 0) is 15.1 Å². The van der Waals surface area contributed by atoms with Crippen LogP contribution in [0.4, 0.5) is 4.79 Å². The summed E-state index contributed by atoms with van der Waals surface area (Å²) in [7, 11) is 0. The van der Waals surface area contributed by atoms with E-state index in [9.17, 15) is 9.59 Å². The summed E-state index contributed by atoms with van der Waals surface area (Å²) in [6.07, 6.45) is 5.40. The Balaban J connectivity index is 3.07. The second kappa shape index (κ2) is 5.79. The van der Waals surface area contributed by atoms with E-state index in [0.717, 1.165) is 0 Å². The van der Waals surface area contributed by atoms with E-state index in [1.165, 1.54) is 0 Å². The number of carbonyl (C=O) groups excluding carboxylic acids is 2. The number of alkyl carbamates (subject to hydrolysis) is 1. The molecule has 0 saturated carbocycles. The van der Waals surface area contributed by atoms with Crippen molar-refractivity contribution in [2.75, 3.05) is 0 Å². The van der Waals surface area contributed by atoms with Gasteiger partial charge in [-0.15, -0.1) is 6.42 Å². The summed E-state index contributed by atoms with van der Waals surface area (Å²) in [4.78, 5) is 23.3. The molecule has 0 aliphatic carbocycles. The Kier molecular flexibility index (Phi) is 4.57. The molecule has 4 heteroatoms. The highest BCUT2D eigenvalue weighted by molar-refractivity contribution is 5.78. The molecule has 1 atom stereocenters. The second-order valence-electron chi connectivity index (χ2n) is 5.64. The molecule has 0 aliphatic rings. The first-order chi connectivity index (χ1) is 9.22. The van der Waals surface area contributed by atoms with Crippen LogP contribution >= 0.6 is 0 Å². The monoisotopic (exact) mass is 273 g/mol. The van der Waals surface area contributed by atoms with Crippen LogP contribution in [0.1, 0.15) is 38.8 Å². The van der Waals surface area contributed by atoms with Gasteiger partial charge in [0.2, 0.25) is 0 Å². The average Bonchev–Trinajstić information content (AvgIpc) is 2.36. The summed E-state index contributed by atoms with van der Waals surface area (Å²) >= 11 is 0. The molecule has 0 saturated heterocycles. The highest BCUT2D eigenvalue weighted by atomic mass is 16.6. The molecule has 1 unspecified atom stereocenters. The van der Waals surface area contributed by atoms with Gasteiger partial charge >= 0.3 is 6.09 Å². The van der Waals surface area contributed by atoms with E-state index in [1.54, 1.807) is 52.0 Å². The highest BCUT2D eigenvalue weighted by Crippen LogP contribution is 2.23. The largest absolute Gasteiger partial charge is 0.444 e. The van der Waals surface area contributed by atoms with Gasteiger partial charge in [0.1, 0.15) is 17.4 Å². The zero-order valence-electron chi connectivity index (χ0n) is 12.2. The Bertz CT molecular complexity index is 552.